The van der Waals surface area contributed by atoms with Gasteiger partial charge in [0.05, 0.1) is 6.10 Å². The Labute approximate surface area is 92.4 Å². The third kappa shape index (κ3) is 4.33. The van der Waals surface area contributed by atoms with Gasteiger partial charge in [0, 0.05) is 25.0 Å². The Morgan fingerprint density at radius 1 is 1.20 bits per heavy atom. The molecule has 3 heteroatoms. The first-order chi connectivity index (χ1) is 6.95. The lowest BCUT2D eigenvalue weighted by molar-refractivity contribution is 0.0449. The molecule has 90 valence electrons. The fourth-order valence-corrected chi connectivity index (χ4v) is 1.65. The highest BCUT2D eigenvalue weighted by Crippen LogP contribution is 2.26. The molecule has 0 rings (SSSR count). The molecule has 0 saturated heterocycles. The molecule has 0 aliphatic carbocycles. The topological polar surface area (TPSA) is 60.7 Å². The van der Waals surface area contributed by atoms with E-state index in [0.29, 0.717) is 6.42 Å². The fourth-order valence-electron chi connectivity index (χ4n) is 1.65. The van der Waals surface area contributed by atoms with E-state index in [4.69, 9.17) is 10.2 Å². The highest BCUT2D eigenvalue weighted by atomic mass is 16.3. The van der Waals surface area contributed by atoms with Gasteiger partial charge < -0.3 is 15.3 Å². The summed E-state index contributed by atoms with van der Waals surface area (Å²) in [5.41, 5.74) is 0.942. The Morgan fingerprint density at radius 2 is 1.73 bits per heavy atom. The molecule has 0 aromatic heterocycles. The van der Waals surface area contributed by atoms with Crippen molar-refractivity contribution in [3.63, 3.8) is 0 Å². The summed E-state index contributed by atoms with van der Waals surface area (Å²) in [5, 5.41) is 27.7. The maximum atomic E-state index is 9.89. The predicted molar refractivity (Wildman–Crippen MR) is 61.4 cm³/mol. The molecule has 0 aliphatic rings. The van der Waals surface area contributed by atoms with Gasteiger partial charge in [-0.25, -0.2) is 0 Å². The molecule has 4 unspecified atom stereocenters. The zero-order valence-corrected chi connectivity index (χ0v) is 9.98. The van der Waals surface area contributed by atoms with Crippen LogP contribution in [0.4, 0.5) is 0 Å². The first-order valence-corrected chi connectivity index (χ1v) is 5.54. The maximum absolute atomic E-state index is 9.89. The summed E-state index contributed by atoms with van der Waals surface area (Å²) in [6.45, 7) is 9.79. The van der Waals surface area contributed by atoms with Gasteiger partial charge in [0.2, 0.25) is 0 Å². The molecular weight excluding hydrogens is 192 g/mol. The van der Waals surface area contributed by atoms with Gasteiger partial charge in [-0.1, -0.05) is 32.9 Å². The van der Waals surface area contributed by atoms with E-state index in [-0.39, 0.29) is 31.0 Å². The van der Waals surface area contributed by atoms with Gasteiger partial charge in [-0.15, -0.1) is 0 Å². The lowest BCUT2D eigenvalue weighted by Crippen LogP contribution is -2.30. The Balaban J connectivity index is 4.30. The van der Waals surface area contributed by atoms with Crippen molar-refractivity contribution in [1.82, 2.24) is 0 Å². The van der Waals surface area contributed by atoms with Crippen LogP contribution in [0.15, 0.2) is 12.2 Å². The van der Waals surface area contributed by atoms with Crippen molar-refractivity contribution < 1.29 is 15.3 Å². The molecule has 0 aromatic carbocycles. The van der Waals surface area contributed by atoms with E-state index in [1.807, 2.05) is 20.8 Å². The quantitative estimate of drug-likeness (QED) is 0.560. The van der Waals surface area contributed by atoms with Crippen LogP contribution in [0.3, 0.4) is 0 Å². The predicted octanol–water partition coefficient (Wildman–Crippen LogP) is 1.19. The Morgan fingerprint density at radius 3 is 2.13 bits per heavy atom. The number of hydrogen-bond donors (Lipinski definition) is 3. The first-order valence-electron chi connectivity index (χ1n) is 5.54. The maximum Gasteiger partial charge on any atom is 0.0650 e. The van der Waals surface area contributed by atoms with Crippen molar-refractivity contribution in [2.75, 3.05) is 13.2 Å². The van der Waals surface area contributed by atoms with Crippen LogP contribution in [0.5, 0.6) is 0 Å². The summed E-state index contributed by atoms with van der Waals surface area (Å²) in [4.78, 5) is 0. The lowest BCUT2D eigenvalue weighted by atomic mass is 9.82. The fraction of sp³-hybridized carbons (Fsp3) is 0.833. The highest BCUT2D eigenvalue weighted by Gasteiger charge is 2.24. The molecular formula is C12H24O3. The minimum absolute atomic E-state index is 0.0207. The van der Waals surface area contributed by atoms with E-state index in [1.165, 1.54) is 0 Å². The average molecular weight is 216 g/mol. The third-order valence-electron chi connectivity index (χ3n) is 3.16. The molecule has 3 N–H and O–H groups in total. The Bertz CT molecular complexity index is 191. The van der Waals surface area contributed by atoms with Crippen LogP contribution >= 0.6 is 0 Å². The normalized spacial score (nSPS) is 19.3. The molecule has 3 nitrogen and oxygen atoms in total. The van der Waals surface area contributed by atoms with Crippen molar-refractivity contribution in [1.29, 1.82) is 0 Å². The van der Waals surface area contributed by atoms with E-state index in [9.17, 15) is 5.11 Å². The van der Waals surface area contributed by atoms with Crippen LogP contribution in [0, 0.1) is 17.8 Å². The molecule has 0 fully saturated rings. The SMILES string of the molecule is C=C(C(C)CCO)C(C)C(O)C(C)CO. The van der Waals surface area contributed by atoms with E-state index >= 15 is 0 Å². The zero-order chi connectivity index (χ0) is 12.0. The van der Waals surface area contributed by atoms with Gasteiger partial charge in [-0.2, -0.15) is 0 Å². The second-order valence-electron chi connectivity index (χ2n) is 4.43. The van der Waals surface area contributed by atoms with Crippen molar-refractivity contribution >= 4 is 0 Å². The molecule has 0 saturated carbocycles. The van der Waals surface area contributed by atoms with Crippen LogP contribution in [-0.2, 0) is 0 Å². The summed E-state index contributed by atoms with van der Waals surface area (Å²) in [6, 6.07) is 0. The average Bonchev–Trinajstić information content (AvgIpc) is 2.25. The minimum Gasteiger partial charge on any atom is -0.396 e. The standard InChI is InChI=1S/C12H24O3/c1-8(5-6-13)10(3)11(4)12(15)9(2)7-14/h8-9,11-15H,3,5-7H2,1-2,4H3. The van der Waals surface area contributed by atoms with Crippen LogP contribution < -0.4 is 0 Å². The number of aliphatic hydroxyl groups excluding tert-OH is 3. The Kier molecular flexibility index (Phi) is 6.81. The second kappa shape index (κ2) is 6.99. The molecule has 0 spiro atoms. The zero-order valence-electron chi connectivity index (χ0n) is 9.98. The summed E-state index contributed by atoms with van der Waals surface area (Å²) in [7, 11) is 0. The van der Waals surface area contributed by atoms with E-state index in [2.05, 4.69) is 6.58 Å². The Hall–Kier alpha value is -0.380. The van der Waals surface area contributed by atoms with Crippen LogP contribution in [0.2, 0.25) is 0 Å². The van der Waals surface area contributed by atoms with Crippen LogP contribution in [0.1, 0.15) is 27.2 Å². The summed E-state index contributed by atoms with van der Waals surface area (Å²) < 4.78 is 0. The van der Waals surface area contributed by atoms with Crippen molar-refractivity contribution in [2.24, 2.45) is 17.8 Å². The van der Waals surface area contributed by atoms with E-state index < -0.39 is 6.10 Å². The molecule has 0 aromatic rings. The van der Waals surface area contributed by atoms with Gasteiger partial charge in [0.1, 0.15) is 0 Å². The molecule has 0 bridgehead atoms. The molecule has 0 radical (unpaired) electrons. The third-order valence-corrected chi connectivity index (χ3v) is 3.16. The number of aliphatic hydroxyl groups is 3. The van der Waals surface area contributed by atoms with E-state index in [0.717, 1.165) is 5.57 Å². The highest BCUT2D eigenvalue weighted by molar-refractivity contribution is 5.06. The second-order valence-corrected chi connectivity index (χ2v) is 4.43. The first kappa shape index (κ1) is 14.6. The molecule has 15 heavy (non-hydrogen) atoms. The van der Waals surface area contributed by atoms with Gasteiger partial charge in [-0.3, -0.25) is 0 Å². The van der Waals surface area contributed by atoms with Gasteiger partial charge in [0.15, 0.2) is 0 Å². The monoisotopic (exact) mass is 216 g/mol. The summed E-state index contributed by atoms with van der Waals surface area (Å²) >= 11 is 0. The van der Waals surface area contributed by atoms with Crippen LogP contribution in [0.25, 0.3) is 0 Å². The summed E-state index contributed by atoms with van der Waals surface area (Å²) in [6.07, 6.45) is 0.104. The number of rotatable bonds is 7. The lowest BCUT2D eigenvalue weighted by Gasteiger charge is -2.28. The number of hydrogen-bond acceptors (Lipinski definition) is 3. The van der Waals surface area contributed by atoms with E-state index in [1.54, 1.807) is 0 Å². The van der Waals surface area contributed by atoms with Crippen molar-refractivity contribution in [2.45, 2.75) is 33.3 Å². The van der Waals surface area contributed by atoms with Gasteiger partial charge in [0.25, 0.3) is 0 Å². The smallest absolute Gasteiger partial charge is 0.0650 e. The molecule has 4 atom stereocenters. The van der Waals surface area contributed by atoms with Crippen LogP contribution in [-0.4, -0.2) is 34.6 Å². The summed E-state index contributed by atoms with van der Waals surface area (Å²) in [5.74, 6) is 0.0114. The minimum atomic E-state index is -0.566. The molecule has 0 aliphatic heterocycles. The molecule has 0 amide bonds. The molecule has 0 heterocycles. The van der Waals surface area contributed by atoms with Crippen molar-refractivity contribution in [3.05, 3.63) is 12.2 Å². The van der Waals surface area contributed by atoms with Gasteiger partial charge >= 0.3 is 0 Å². The largest absolute Gasteiger partial charge is 0.396 e. The van der Waals surface area contributed by atoms with Gasteiger partial charge in [-0.05, 0) is 12.3 Å². The van der Waals surface area contributed by atoms with Crippen molar-refractivity contribution in [3.8, 4) is 0 Å².